The number of primary amides is 1. The van der Waals surface area contributed by atoms with E-state index in [4.69, 9.17) is 5.73 Å². The number of amides is 2. The second-order valence-corrected chi connectivity index (χ2v) is 10.2. The highest BCUT2D eigenvalue weighted by atomic mass is 32.2. The van der Waals surface area contributed by atoms with E-state index in [0.717, 1.165) is 37.8 Å². The van der Waals surface area contributed by atoms with Gasteiger partial charge in [0, 0.05) is 18.7 Å². The highest BCUT2D eigenvalue weighted by Crippen LogP contribution is 2.26. The normalized spacial score (nSPS) is 21.1. The van der Waals surface area contributed by atoms with Gasteiger partial charge in [0.05, 0.1) is 17.0 Å². The Balaban J connectivity index is 1.60. The Bertz CT molecular complexity index is 818. The summed E-state index contributed by atoms with van der Waals surface area (Å²) in [7, 11) is -3.21. The number of nitrogens with zero attached hydrogens (tertiary/aromatic N) is 1. The summed E-state index contributed by atoms with van der Waals surface area (Å²) in [6, 6.07) is 7.13. The van der Waals surface area contributed by atoms with Crippen molar-refractivity contribution in [3.8, 4) is 0 Å². The maximum atomic E-state index is 12.4. The van der Waals surface area contributed by atoms with Crippen LogP contribution in [0.3, 0.4) is 0 Å². The molecule has 3 rings (SSSR count). The molecule has 0 aromatic heterocycles. The molecule has 1 aromatic rings. The molecular weight excluding hydrogens is 378 g/mol. The first kappa shape index (κ1) is 20.8. The zero-order chi connectivity index (χ0) is 20.1. The van der Waals surface area contributed by atoms with E-state index in [1.165, 1.54) is 0 Å². The quantitative estimate of drug-likeness (QED) is 0.683. The van der Waals surface area contributed by atoms with Gasteiger partial charge in [-0.2, -0.15) is 0 Å². The summed E-state index contributed by atoms with van der Waals surface area (Å²) in [5, 5.41) is 2.56. The van der Waals surface area contributed by atoms with Crippen molar-refractivity contribution < 1.29 is 18.0 Å². The predicted molar refractivity (Wildman–Crippen MR) is 108 cm³/mol. The van der Waals surface area contributed by atoms with Crippen LogP contribution < -0.4 is 11.1 Å². The lowest BCUT2D eigenvalue weighted by Gasteiger charge is -2.23. The maximum absolute atomic E-state index is 12.4. The fourth-order valence-corrected chi connectivity index (χ4v) is 6.05. The Morgan fingerprint density at radius 2 is 1.82 bits per heavy atom. The number of nitrogens with one attached hydrogen (secondary N) is 1. The third-order valence-corrected chi connectivity index (χ3v) is 8.04. The van der Waals surface area contributed by atoms with Crippen LogP contribution in [0.15, 0.2) is 24.3 Å². The smallest absolute Gasteiger partial charge is 0.234 e. The molecule has 7 nitrogen and oxygen atoms in total. The zero-order valence-electron chi connectivity index (χ0n) is 16.1. The molecule has 0 bridgehead atoms. The number of rotatable bonds is 8. The summed E-state index contributed by atoms with van der Waals surface area (Å²) in [6.07, 6.45) is 4.96. The Morgan fingerprint density at radius 3 is 2.54 bits per heavy atom. The van der Waals surface area contributed by atoms with Crippen LogP contribution in [-0.4, -0.2) is 48.7 Å². The monoisotopic (exact) mass is 407 g/mol. The molecule has 2 fully saturated rings. The molecule has 0 spiro atoms. The van der Waals surface area contributed by atoms with Gasteiger partial charge in [0.2, 0.25) is 11.8 Å². The summed E-state index contributed by atoms with van der Waals surface area (Å²) >= 11 is 0. The molecule has 2 aliphatic rings. The van der Waals surface area contributed by atoms with Crippen molar-refractivity contribution in [2.24, 2.45) is 5.73 Å². The minimum atomic E-state index is -3.21. The number of carbonyl (C=O) groups excluding carboxylic acids is 2. The Kier molecular flexibility index (Phi) is 6.72. The van der Waals surface area contributed by atoms with Gasteiger partial charge in [0.15, 0.2) is 9.84 Å². The topological polar surface area (TPSA) is 110 Å². The molecule has 28 heavy (non-hydrogen) atoms. The maximum Gasteiger partial charge on any atom is 0.234 e. The van der Waals surface area contributed by atoms with E-state index < -0.39 is 9.84 Å². The molecule has 1 aliphatic heterocycles. The molecule has 154 valence electrons. The number of para-hydroxylation sites is 1. The second-order valence-electron chi connectivity index (χ2n) is 7.76. The second kappa shape index (κ2) is 9.05. The molecule has 1 heterocycles. The lowest BCUT2D eigenvalue weighted by Crippen LogP contribution is -2.39. The molecule has 1 aromatic carbocycles. The Hall–Kier alpha value is -1.93. The van der Waals surface area contributed by atoms with Gasteiger partial charge >= 0.3 is 0 Å². The third-order valence-electron chi connectivity index (χ3n) is 5.78. The minimum Gasteiger partial charge on any atom is -0.368 e. The number of nitrogens with two attached hydrogens (primary N) is 1. The van der Waals surface area contributed by atoms with Gasteiger partial charge in [0.1, 0.15) is 0 Å². The number of benzene rings is 1. The molecule has 8 heteroatoms. The van der Waals surface area contributed by atoms with Crippen LogP contribution in [0.25, 0.3) is 0 Å². The predicted octanol–water partition coefficient (Wildman–Crippen LogP) is 1.82. The van der Waals surface area contributed by atoms with E-state index in [2.05, 4.69) is 5.32 Å². The standard InChI is InChI=1S/C20H29N3O4S/c21-20(25)18-10-5-12-23(18)14-15-6-1-4-9-17(15)22-19(24)11-13-28(26,27)16-7-2-3-8-16/h1,4,6,9,16,18H,2-3,5,7-8,10-14H2,(H2,21,25)(H,22,24). The van der Waals surface area contributed by atoms with Crippen molar-refractivity contribution in [3.63, 3.8) is 0 Å². The Morgan fingerprint density at radius 1 is 1.11 bits per heavy atom. The summed E-state index contributed by atoms with van der Waals surface area (Å²) in [5.41, 5.74) is 7.03. The highest BCUT2D eigenvalue weighted by molar-refractivity contribution is 7.92. The number of carbonyl (C=O) groups is 2. The van der Waals surface area contributed by atoms with E-state index in [-0.39, 0.29) is 35.3 Å². The Labute approximate surface area is 166 Å². The van der Waals surface area contributed by atoms with Gasteiger partial charge in [-0.3, -0.25) is 14.5 Å². The average Bonchev–Trinajstić information content (AvgIpc) is 3.34. The molecule has 3 N–H and O–H groups in total. The molecule has 2 amide bonds. The van der Waals surface area contributed by atoms with Gasteiger partial charge < -0.3 is 11.1 Å². The van der Waals surface area contributed by atoms with Gasteiger partial charge in [-0.25, -0.2) is 8.42 Å². The van der Waals surface area contributed by atoms with E-state index in [1.807, 2.05) is 23.1 Å². The van der Waals surface area contributed by atoms with Crippen molar-refractivity contribution in [2.75, 3.05) is 17.6 Å². The SMILES string of the molecule is NC(=O)C1CCCN1Cc1ccccc1NC(=O)CCS(=O)(=O)C1CCCC1. The van der Waals surface area contributed by atoms with Crippen molar-refractivity contribution >= 4 is 27.3 Å². The minimum absolute atomic E-state index is 0.0409. The molecule has 0 radical (unpaired) electrons. The molecular formula is C20H29N3O4S. The van der Waals surface area contributed by atoms with Gasteiger partial charge in [-0.15, -0.1) is 0 Å². The van der Waals surface area contributed by atoms with Crippen LogP contribution in [0.5, 0.6) is 0 Å². The number of hydrogen-bond acceptors (Lipinski definition) is 5. The molecule has 1 aliphatic carbocycles. The van der Waals surface area contributed by atoms with E-state index in [0.29, 0.717) is 25.1 Å². The van der Waals surface area contributed by atoms with Gasteiger partial charge in [0.25, 0.3) is 0 Å². The van der Waals surface area contributed by atoms with Crippen molar-refractivity contribution in [2.45, 2.75) is 62.8 Å². The molecule has 1 atom stereocenters. The fourth-order valence-electron chi connectivity index (χ4n) is 4.20. The number of hydrogen-bond donors (Lipinski definition) is 2. The average molecular weight is 408 g/mol. The zero-order valence-corrected chi connectivity index (χ0v) is 16.9. The van der Waals surface area contributed by atoms with Crippen molar-refractivity contribution in [3.05, 3.63) is 29.8 Å². The summed E-state index contributed by atoms with van der Waals surface area (Å²) in [4.78, 5) is 26.0. The van der Waals surface area contributed by atoms with Crippen LogP contribution in [0.4, 0.5) is 5.69 Å². The van der Waals surface area contributed by atoms with E-state index in [1.54, 1.807) is 6.07 Å². The summed E-state index contributed by atoms with van der Waals surface area (Å²) in [6.45, 7) is 1.31. The van der Waals surface area contributed by atoms with Crippen LogP contribution in [0.2, 0.25) is 0 Å². The number of sulfone groups is 1. The highest BCUT2D eigenvalue weighted by Gasteiger charge is 2.30. The third kappa shape index (κ3) is 5.11. The molecule has 1 saturated carbocycles. The lowest BCUT2D eigenvalue weighted by atomic mass is 10.1. The van der Waals surface area contributed by atoms with Crippen molar-refractivity contribution in [1.29, 1.82) is 0 Å². The molecule has 1 saturated heterocycles. The van der Waals surface area contributed by atoms with Gasteiger partial charge in [-0.05, 0) is 43.9 Å². The number of likely N-dealkylation sites (tertiary alicyclic amines) is 1. The van der Waals surface area contributed by atoms with Crippen LogP contribution in [0.1, 0.15) is 50.5 Å². The summed E-state index contributed by atoms with van der Waals surface area (Å²) in [5.74, 6) is -0.736. The van der Waals surface area contributed by atoms with Crippen LogP contribution in [-0.2, 0) is 26.0 Å². The van der Waals surface area contributed by atoms with E-state index in [9.17, 15) is 18.0 Å². The van der Waals surface area contributed by atoms with Crippen molar-refractivity contribution in [1.82, 2.24) is 4.90 Å². The lowest BCUT2D eigenvalue weighted by molar-refractivity contribution is -0.122. The summed E-state index contributed by atoms with van der Waals surface area (Å²) < 4.78 is 24.7. The molecule has 1 unspecified atom stereocenters. The van der Waals surface area contributed by atoms with E-state index >= 15 is 0 Å². The first-order chi connectivity index (χ1) is 13.4. The van der Waals surface area contributed by atoms with Crippen LogP contribution >= 0.6 is 0 Å². The van der Waals surface area contributed by atoms with Crippen LogP contribution in [0, 0.1) is 0 Å². The first-order valence-electron chi connectivity index (χ1n) is 9.99. The largest absolute Gasteiger partial charge is 0.368 e. The fraction of sp³-hybridized carbons (Fsp3) is 0.600. The van der Waals surface area contributed by atoms with Gasteiger partial charge in [-0.1, -0.05) is 31.0 Å². The number of anilines is 1. The first-order valence-corrected chi connectivity index (χ1v) is 11.7.